The number of amides is 1. The number of nitrogens with zero attached hydrogens (tertiary/aromatic N) is 3. The van der Waals surface area contributed by atoms with Crippen LogP contribution < -0.4 is 5.32 Å². The minimum atomic E-state index is -0.0301. The Bertz CT molecular complexity index is 721. The van der Waals surface area contributed by atoms with E-state index in [-0.39, 0.29) is 17.3 Å². The Morgan fingerprint density at radius 1 is 1.39 bits per heavy atom. The molecule has 0 radical (unpaired) electrons. The van der Waals surface area contributed by atoms with Gasteiger partial charge in [0.15, 0.2) is 0 Å². The third kappa shape index (κ3) is 2.77. The highest BCUT2D eigenvalue weighted by molar-refractivity contribution is 7.17. The topological polar surface area (TPSA) is 71.3 Å². The second-order valence-electron chi connectivity index (χ2n) is 6.14. The number of fused-ring (bicyclic) bond motifs is 3. The van der Waals surface area contributed by atoms with Gasteiger partial charge < -0.3 is 9.73 Å². The third-order valence-corrected chi connectivity index (χ3v) is 6.14. The number of aromatic nitrogens is 2. The zero-order valence-electron chi connectivity index (χ0n) is 12.7. The van der Waals surface area contributed by atoms with E-state index in [1.165, 1.54) is 24.2 Å². The molecular formula is C15H17ClN4O2S. The number of hydrogen-bond acceptors (Lipinski definition) is 6. The summed E-state index contributed by atoms with van der Waals surface area (Å²) in [5.74, 6) is 0.904. The Kier molecular flexibility index (Phi) is 3.87. The normalized spacial score (nSPS) is 29.7. The van der Waals surface area contributed by atoms with Gasteiger partial charge in [0, 0.05) is 12.1 Å². The molecule has 0 aliphatic carbocycles. The van der Waals surface area contributed by atoms with E-state index in [1.807, 2.05) is 6.07 Å². The number of nitrogens with one attached hydrogen (secondary N) is 1. The molecule has 5 heterocycles. The van der Waals surface area contributed by atoms with Gasteiger partial charge in [-0.3, -0.25) is 9.69 Å². The molecule has 3 fully saturated rings. The van der Waals surface area contributed by atoms with Crippen LogP contribution in [0.15, 0.2) is 16.5 Å². The lowest BCUT2D eigenvalue weighted by Crippen LogP contribution is -2.62. The minimum absolute atomic E-state index is 0.000469. The monoisotopic (exact) mass is 352 g/mol. The van der Waals surface area contributed by atoms with Gasteiger partial charge in [-0.05, 0) is 62.5 Å². The second-order valence-corrected chi connectivity index (χ2v) is 7.54. The van der Waals surface area contributed by atoms with Crippen LogP contribution in [-0.2, 0) is 0 Å². The Hall–Kier alpha value is -1.44. The van der Waals surface area contributed by atoms with Crippen LogP contribution in [0.5, 0.6) is 0 Å². The van der Waals surface area contributed by atoms with Crippen molar-refractivity contribution in [2.24, 2.45) is 5.92 Å². The summed E-state index contributed by atoms with van der Waals surface area (Å²) < 4.78 is 5.19. The van der Waals surface area contributed by atoms with E-state index in [4.69, 9.17) is 16.0 Å². The van der Waals surface area contributed by atoms with Crippen molar-refractivity contribution in [2.75, 3.05) is 13.1 Å². The molecule has 3 aliphatic rings. The fourth-order valence-corrected chi connectivity index (χ4v) is 4.59. The lowest BCUT2D eigenvalue weighted by atomic mass is 9.79. The standard InChI is InChI=1S/C15H17ClN4O2S/c1-8-12(9-4-6-20(8)7-5-9)17-13(21)10-2-3-11(23-10)14-18-19-15(16)22-14/h2-3,8-9,12H,4-7H2,1H3,(H,17,21)/t8-,12+/m1/s1. The molecule has 3 aliphatic heterocycles. The summed E-state index contributed by atoms with van der Waals surface area (Å²) in [7, 11) is 0. The molecule has 1 N–H and O–H groups in total. The molecule has 5 rings (SSSR count). The molecule has 0 aromatic carbocycles. The molecule has 1 amide bonds. The Morgan fingerprint density at radius 2 is 2.17 bits per heavy atom. The SMILES string of the molecule is C[C@@H]1[C@H](NC(=O)c2ccc(-c3nnc(Cl)o3)s2)C2CCN1CC2. The smallest absolute Gasteiger partial charge is 0.313 e. The quantitative estimate of drug-likeness (QED) is 0.919. The third-order valence-electron chi connectivity index (χ3n) is 4.92. The summed E-state index contributed by atoms with van der Waals surface area (Å²) in [6.07, 6.45) is 2.34. The Morgan fingerprint density at radius 3 is 2.83 bits per heavy atom. The maximum Gasteiger partial charge on any atom is 0.313 e. The van der Waals surface area contributed by atoms with Crippen LogP contribution in [0.2, 0.25) is 5.35 Å². The molecular weight excluding hydrogens is 336 g/mol. The van der Waals surface area contributed by atoms with Crippen LogP contribution in [0.1, 0.15) is 29.4 Å². The van der Waals surface area contributed by atoms with E-state index in [2.05, 4.69) is 27.3 Å². The average molecular weight is 353 g/mol. The minimum Gasteiger partial charge on any atom is -0.407 e. The zero-order chi connectivity index (χ0) is 16.0. The van der Waals surface area contributed by atoms with Gasteiger partial charge >= 0.3 is 5.35 Å². The summed E-state index contributed by atoms with van der Waals surface area (Å²) in [5, 5.41) is 10.7. The summed E-state index contributed by atoms with van der Waals surface area (Å²) in [6.45, 7) is 4.51. The van der Waals surface area contributed by atoms with E-state index < -0.39 is 0 Å². The number of thiophene rings is 1. The van der Waals surface area contributed by atoms with Crippen LogP contribution in [-0.4, -0.2) is 46.2 Å². The van der Waals surface area contributed by atoms with Crippen LogP contribution in [0, 0.1) is 5.92 Å². The number of piperidine rings is 3. The van der Waals surface area contributed by atoms with Crippen LogP contribution in [0.25, 0.3) is 10.8 Å². The van der Waals surface area contributed by atoms with Crippen molar-refractivity contribution in [3.8, 4) is 10.8 Å². The molecule has 0 saturated carbocycles. The van der Waals surface area contributed by atoms with Crippen LogP contribution in [0.4, 0.5) is 0 Å². The molecule has 0 spiro atoms. The highest BCUT2D eigenvalue weighted by atomic mass is 35.5. The number of carbonyl (C=O) groups is 1. The van der Waals surface area contributed by atoms with Crippen LogP contribution >= 0.6 is 22.9 Å². The molecule has 2 aromatic rings. The number of hydrogen-bond donors (Lipinski definition) is 1. The van der Waals surface area contributed by atoms with Gasteiger partial charge in [-0.2, -0.15) is 0 Å². The number of carbonyl (C=O) groups excluding carboxylic acids is 1. The van der Waals surface area contributed by atoms with Gasteiger partial charge in [-0.1, -0.05) is 5.10 Å². The van der Waals surface area contributed by atoms with Crippen molar-refractivity contribution in [2.45, 2.75) is 31.8 Å². The number of rotatable bonds is 3. The summed E-state index contributed by atoms with van der Waals surface area (Å²) in [6, 6.07) is 4.23. The Balaban J connectivity index is 1.48. The summed E-state index contributed by atoms with van der Waals surface area (Å²) in [5.41, 5.74) is 0. The van der Waals surface area contributed by atoms with Gasteiger partial charge in [0.1, 0.15) is 0 Å². The molecule has 122 valence electrons. The van der Waals surface area contributed by atoms with Crippen molar-refractivity contribution in [1.82, 2.24) is 20.4 Å². The molecule has 2 atom stereocenters. The highest BCUT2D eigenvalue weighted by Crippen LogP contribution is 2.33. The summed E-state index contributed by atoms with van der Waals surface area (Å²) in [4.78, 5) is 16.4. The molecule has 3 saturated heterocycles. The molecule has 8 heteroatoms. The lowest BCUT2D eigenvalue weighted by molar-refractivity contribution is 0.0218. The fraction of sp³-hybridized carbons (Fsp3) is 0.533. The van der Waals surface area contributed by atoms with E-state index in [9.17, 15) is 4.79 Å². The molecule has 2 bridgehead atoms. The van der Waals surface area contributed by atoms with Crippen molar-refractivity contribution in [3.05, 3.63) is 22.4 Å². The largest absolute Gasteiger partial charge is 0.407 e. The maximum atomic E-state index is 12.6. The van der Waals surface area contributed by atoms with Crippen molar-refractivity contribution >= 4 is 28.8 Å². The first kappa shape index (κ1) is 15.1. The Labute approximate surface area is 142 Å². The van der Waals surface area contributed by atoms with Gasteiger partial charge in [-0.15, -0.1) is 16.4 Å². The maximum absolute atomic E-state index is 12.6. The van der Waals surface area contributed by atoms with Crippen molar-refractivity contribution in [1.29, 1.82) is 0 Å². The molecule has 6 nitrogen and oxygen atoms in total. The second kappa shape index (κ2) is 5.89. The van der Waals surface area contributed by atoms with E-state index >= 15 is 0 Å². The van der Waals surface area contributed by atoms with E-state index in [0.717, 1.165) is 18.0 Å². The fourth-order valence-electron chi connectivity index (χ4n) is 3.65. The predicted octanol–water partition coefficient (Wildman–Crippen LogP) is 2.66. The zero-order valence-corrected chi connectivity index (χ0v) is 14.2. The lowest BCUT2D eigenvalue weighted by Gasteiger charge is -2.49. The first-order valence-corrected chi connectivity index (χ1v) is 8.95. The van der Waals surface area contributed by atoms with Gasteiger partial charge in [-0.25, -0.2) is 0 Å². The first-order chi connectivity index (χ1) is 11.1. The number of halogens is 1. The molecule has 23 heavy (non-hydrogen) atoms. The highest BCUT2D eigenvalue weighted by Gasteiger charge is 2.40. The van der Waals surface area contributed by atoms with Gasteiger partial charge in [0.2, 0.25) is 0 Å². The molecule has 2 aromatic heterocycles. The van der Waals surface area contributed by atoms with Crippen molar-refractivity contribution in [3.63, 3.8) is 0 Å². The predicted molar refractivity (Wildman–Crippen MR) is 87.6 cm³/mol. The first-order valence-electron chi connectivity index (χ1n) is 7.76. The van der Waals surface area contributed by atoms with Crippen molar-refractivity contribution < 1.29 is 9.21 Å². The van der Waals surface area contributed by atoms with Gasteiger partial charge in [0.05, 0.1) is 9.75 Å². The van der Waals surface area contributed by atoms with Gasteiger partial charge in [0.25, 0.3) is 11.8 Å². The van der Waals surface area contributed by atoms with E-state index in [0.29, 0.717) is 22.7 Å². The van der Waals surface area contributed by atoms with Crippen LogP contribution in [0.3, 0.4) is 0 Å². The summed E-state index contributed by atoms with van der Waals surface area (Å²) >= 11 is 6.98. The van der Waals surface area contributed by atoms with E-state index in [1.54, 1.807) is 6.07 Å². The molecule has 0 unspecified atom stereocenters. The average Bonchev–Trinajstić information content (AvgIpc) is 3.20.